The normalized spacial score (nSPS) is 12.7. The highest BCUT2D eigenvalue weighted by molar-refractivity contribution is 5.76. The highest BCUT2D eigenvalue weighted by atomic mass is 16.5. The number of unbranched alkanes of at least 4 members (excludes halogenated alkanes) is 49. The predicted molar refractivity (Wildman–Crippen MR) is 343 cm³/mol. The van der Waals surface area contributed by atoms with Crippen LogP contribution in [-0.4, -0.2) is 47.4 Å². The van der Waals surface area contributed by atoms with E-state index in [0.717, 1.165) is 51.4 Å². The van der Waals surface area contributed by atoms with Crippen LogP contribution < -0.4 is 5.32 Å². The summed E-state index contributed by atoms with van der Waals surface area (Å²) in [5, 5.41) is 23.3. The molecule has 3 N–H and O–H groups in total. The van der Waals surface area contributed by atoms with Gasteiger partial charge in [-0.2, -0.15) is 0 Å². The van der Waals surface area contributed by atoms with Crippen molar-refractivity contribution in [1.82, 2.24) is 5.32 Å². The van der Waals surface area contributed by atoms with Crippen molar-refractivity contribution >= 4 is 11.9 Å². The maximum absolute atomic E-state index is 12.5. The molecule has 78 heavy (non-hydrogen) atoms. The molecule has 0 aromatic rings. The molecule has 0 heterocycles. The van der Waals surface area contributed by atoms with E-state index >= 15 is 0 Å². The van der Waals surface area contributed by atoms with Crippen molar-refractivity contribution in [3.8, 4) is 0 Å². The molecule has 0 saturated heterocycles. The Morgan fingerprint density at radius 2 is 0.641 bits per heavy atom. The van der Waals surface area contributed by atoms with Gasteiger partial charge in [0.2, 0.25) is 5.91 Å². The summed E-state index contributed by atoms with van der Waals surface area (Å²) in [5.74, 6) is -0.0249. The summed E-state index contributed by atoms with van der Waals surface area (Å²) < 4.78 is 5.49. The molecule has 0 radical (unpaired) electrons. The standard InChI is InChI=1S/C72H137NO5/c1-3-5-7-9-11-13-15-17-37-42-46-50-54-58-62-66-72(77)78-67-63-59-55-51-47-43-39-36-34-32-30-28-26-24-22-20-18-19-21-23-25-27-29-31-33-35-38-41-45-49-53-57-61-65-71(76)73-69(68-74)70(75)64-60-56-52-48-44-40-16-14-12-10-8-6-4-2/h17,22,24,28,30,37,69-70,74-75H,3-16,18-21,23,25-27,29,31-36,38-68H2,1-2H3,(H,73,76)/b24-22-,30-28-,37-17-. The lowest BCUT2D eigenvalue weighted by molar-refractivity contribution is -0.143. The number of aliphatic hydroxyl groups is 2. The number of ether oxygens (including phenoxy) is 1. The van der Waals surface area contributed by atoms with Crippen LogP contribution in [0.1, 0.15) is 386 Å². The first-order valence-electron chi connectivity index (χ1n) is 35.2. The highest BCUT2D eigenvalue weighted by Gasteiger charge is 2.20. The smallest absolute Gasteiger partial charge is 0.305 e. The molecule has 0 fully saturated rings. The lowest BCUT2D eigenvalue weighted by Crippen LogP contribution is -2.45. The molecule has 460 valence electrons. The first kappa shape index (κ1) is 76.1. The van der Waals surface area contributed by atoms with Crippen LogP contribution in [0.15, 0.2) is 36.5 Å². The number of hydrogen-bond acceptors (Lipinski definition) is 5. The van der Waals surface area contributed by atoms with E-state index in [9.17, 15) is 19.8 Å². The summed E-state index contributed by atoms with van der Waals surface area (Å²) in [5.41, 5.74) is 0. The second-order valence-electron chi connectivity index (χ2n) is 24.2. The van der Waals surface area contributed by atoms with E-state index in [1.165, 1.54) is 302 Å². The van der Waals surface area contributed by atoms with E-state index in [2.05, 4.69) is 55.6 Å². The fourth-order valence-electron chi connectivity index (χ4n) is 11.0. The zero-order valence-corrected chi connectivity index (χ0v) is 52.7. The summed E-state index contributed by atoms with van der Waals surface area (Å²) in [6, 6.07) is -0.539. The number of allylic oxidation sites excluding steroid dienone is 6. The number of nitrogens with one attached hydrogen (secondary N) is 1. The van der Waals surface area contributed by atoms with Crippen LogP contribution in [0, 0.1) is 0 Å². The average Bonchev–Trinajstić information content (AvgIpc) is 3.44. The lowest BCUT2D eigenvalue weighted by Gasteiger charge is -2.22. The van der Waals surface area contributed by atoms with E-state index in [1.807, 2.05) is 0 Å². The number of amides is 1. The molecule has 0 spiro atoms. The molecule has 0 aromatic carbocycles. The molecule has 2 atom stereocenters. The third-order valence-electron chi connectivity index (χ3n) is 16.4. The van der Waals surface area contributed by atoms with Gasteiger partial charge in [0.15, 0.2) is 0 Å². The molecule has 1 amide bonds. The summed E-state index contributed by atoms with van der Waals surface area (Å²) in [7, 11) is 0. The predicted octanol–water partition coefficient (Wildman–Crippen LogP) is 22.7. The van der Waals surface area contributed by atoms with Crippen LogP contribution >= 0.6 is 0 Å². The zero-order valence-electron chi connectivity index (χ0n) is 52.7. The topological polar surface area (TPSA) is 95.9 Å². The van der Waals surface area contributed by atoms with Crippen LogP contribution in [0.2, 0.25) is 0 Å². The molecule has 0 aliphatic heterocycles. The first-order chi connectivity index (χ1) is 38.5. The number of carbonyl (C=O) groups is 2. The minimum Gasteiger partial charge on any atom is -0.466 e. The Hall–Kier alpha value is -1.92. The lowest BCUT2D eigenvalue weighted by atomic mass is 10.0. The third-order valence-corrected chi connectivity index (χ3v) is 16.4. The average molecular weight is 1100 g/mol. The summed E-state index contributed by atoms with van der Waals surface area (Å²) in [4.78, 5) is 24.6. The SMILES string of the molecule is CCCCCCCC/C=C\CCCCCCCC(=O)OCCCCCCCCCCC/C=C\C/C=C\CCCCCCCCCCCCCCCCCCCC(=O)NC(CO)C(O)CCCCCCCCCCCCCCC. The van der Waals surface area contributed by atoms with Crippen molar-refractivity contribution in [3.05, 3.63) is 36.5 Å². The Morgan fingerprint density at radius 3 is 0.987 bits per heavy atom. The Balaban J connectivity index is 3.37. The maximum Gasteiger partial charge on any atom is 0.305 e. The third kappa shape index (κ3) is 63.3. The molecule has 0 aliphatic rings. The fourth-order valence-corrected chi connectivity index (χ4v) is 11.0. The molecule has 0 aliphatic carbocycles. The Labute approximate surface area is 487 Å². The maximum atomic E-state index is 12.5. The van der Waals surface area contributed by atoms with Crippen molar-refractivity contribution in [3.63, 3.8) is 0 Å². The van der Waals surface area contributed by atoms with Gasteiger partial charge in [0.05, 0.1) is 25.4 Å². The Bertz CT molecular complexity index is 1260. The van der Waals surface area contributed by atoms with Gasteiger partial charge in [-0.25, -0.2) is 0 Å². The van der Waals surface area contributed by atoms with Gasteiger partial charge in [-0.05, 0) is 83.5 Å². The summed E-state index contributed by atoms with van der Waals surface area (Å²) >= 11 is 0. The van der Waals surface area contributed by atoms with Gasteiger partial charge in [0.1, 0.15) is 0 Å². The van der Waals surface area contributed by atoms with Gasteiger partial charge < -0.3 is 20.3 Å². The first-order valence-corrected chi connectivity index (χ1v) is 35.2. The minimum atomic E-state index is -0.662. The largest absolute Gasteiger partial charge is 0.466 e. The molecular weight excluding hydrogens is 959 g/mol. The second kappa shape index (κ2) is 67.6. The Kier molecular flexibility index (Phi) is 65.9. The summed E-state index contributed by atoms with van der Waals surface area (Å²) in [6.45, 7) is 4.96. The van der Waals surface area contributed by atoms with E-state index < -0.39 is 12.1 Å². The van der Waals surface area contributed by atoms with Crippen LogP contribution in [0.25, 0.3) is 0 Å². The van der Waals surface area contributed by atoms with E-state index in [0.29, 0.717) is 25.9 Å². The van der Waals surface area contributed by atoms with Crippen LogP contribution in [0.5, 0.6) is 0 Å². The van der Waals surface area contributed by atoms with Crippen molar-refractivity contribution < 1.29 is 24.5 Å². The van der Waals surface area contributed by atoms with Gasteiger partial charge in [-0.15, -0.1) is 0 Å². The number of hydrogen-bond donors (Lipinski definition) is 3. The van der Waals surface area contributed by atoms with Crippen molar-refractivity contribution in [2.24, 2.45) is 0 Å². The fraction of sp³-hybridized carbons (Fsp3) is 0.889. The van der Waals surface area contributed by atoms with Crippen molar-refractivity contribution in [1.29, 1.82) is 0 Å². The molecule has 6 nitrogen and oxygen atoms in total. The number of aliphatic hydroxyl groups excluding tert-OH is 2. The van der Waals surface area contributed by atoms with Gasteiger partial charge >= 0.3 is 5.97 Å². The molecule has 0 bridgehead atoms. The molecule has 0 saturated carbocycles. The van der Waals surface area contributed by atoms with E-state index in [4.69, 9.17) is 4.74 Å². The quantitative estimate of drug-likeness (QED) is 0.0320. The van der Waals surface area contributed by atoms with Crippen molar-refractivity contribution in [2.45, 2.75) is 398 Å². The Morgan fingerprint density at radius 1 is 0.359 bits per heavy atom. The van der Waals surface area contributed by atoms with Crippen LogP contribution in [0.4, 0.5) is 0 Å². The number of carbonyl (C=O) groups excluding carboxylic acids is 2. The highest BCUT2D eigenvalue weighted by Crippen LogP contribution is 2.18. The molecule has 0 aromatic heterocycles. The van der Waals surface area contributed by atoms with Gasteiger partial charge in [-0.1, -0.05) is 326 Å². The molecule has 2 unspecified atom stereocenters. The van der Waals surface area contributed by atoms with Crippen LogP contribution in [-0.2, 0) is 14.3 Å². The number of rotatable bonds is 66. The van der Waals surface area contributed by atoms with Crippen molar-refractivity contribution in [2.75, 3.05) is 13.2 Å². The molecule has 6 heteroatoms. The second-order valence-corrected chi connectivity index (χ2v) is 24.2. The van der Waals surface area contributed by atoms with Gasteiger partial charge in [0.25, 0.3) is 0 Å². The summed E-state index contributed by atoms with van der Waals surface area (Å²) in [6.07, 6.45) is 86.3. The van der Waals surface area contributed by atoms with Gasteiger partial charge in [-0.3, -0.25) is 9.59 Å². The van der Waals surface area contributed by atoms with E-state index in [1.54, 1.807) is 0 Å². The number of esters is 1. The minimum absolute atomic E-state index is 0.00654. The van der Waals surface area contributed by atoms with Gasteiger partial charge in [0, 0.05) is 12.8 Å². The monoisotopic (exact) mass is 1100 g/mol. The van der Waals surface area contributed by atoms with E-state index in [-0.39, 0.29) is 18.5 Å². The van der Waals surface area contributed by atoms with Crippen LogP contribution in [0.3, 0.4) is 0 Å². The molecular formula is C72H137NO5. The molecule has 0 rings (SSSR count). The zero-order chi connectivity index (χ0) is 56.4.